The van der Waals surface area contributed by atoms with Crippen LogP contribution in [0.1, 0.15) is 116 Å². The van der Waals surface area contributed by atoms with Gasteiger partial charge in [-0.1, -0.05) is 150 Å². The second-order valence-corrected chi connectivity index (χ2v) is 7.98. The SMILES string of the molecule is C=C(C)C(=C)CC/C=C\C.C=C\C(C)=C(C)/C=C(C)/C=C(\C)C/C=C/C(C)=C\C=C\C.CC.CC.CC. The highest BCUT2D eigenvalue weighted by Gasteiger charge is 1.92. The molecular weight excluding hydrogens is 444 g/mol. The molecule has 0 spiro atoms. The molecule has 0 radical (unpaired) electrons. The maximum Gasteiger partial charge on any atom is -0.0135 e. The van der Waals surface area contributed by atoms with E-state index in [4.69, 9.17) is 0 Å². The van der Waals surface area contributed by atoms with Crippen molar-refractivity contribution >= 4 is 0 Å². The lowest BCUT2D eigenvalue weighted by Crippen LogP contribution is -1.80. The molecule has 0 aromatic rings. The van der Waals surface area contributed by atoms with Crippen molar-refractivity contribution in [3.63, 3.8) is 0 Å². The molecule has 0 aliphatic heterocycles. The van der Waals surface area contributed by atoms with Gasteiger partial charge in [-0.05, 0) is 85.8 Å². The van der Waals surface area contributed by atoms with Gasteiger partial charge in [-0.3, -0.25) is 0 Å². The van der Waals surface area contributed by atoms with Crippen molar-refractivity contribution in [2.45, 2.75) is 116 Å². The van der Waals surface area contributed by atoms with Gasteiger partial charge in [-0.2, -0.15) is 0 Å². The lowest BCUT2D eigenvalue weighted by Gasteiger charge is -2.01. The Morgan fingerprint density at radius 3 is 1.65 bits per heavy atom. The average Bonchev–Trinajstić information content (AvgIpc) is 2.90. The summed E-state index contributed by atoms with van der Waals surface area (Å²) in [5.41, 5.74) is 8.68. The molecule has 0 rings (SSSR count). The van der Waals surface area contributed by atoms with E-state index in [1.54, 1.807) is 0 Å². The largest absolute Gasteiger partial charge is 0.0988 e. The van der Waals surface area contributed by atoms with Crippen LogP contribution in [0.25, 0.3) is 0 Å². The second kappa shape index (κ2) is 35.6. The molecule has 0 aliphatic rings. The molecule has 0 N–H and O–H groups in total. The molecule has 0 heteroatoms. The quantitative estimate of drug-likeness (QED) is 0.192. The van der Waals surface area contributed by atoms with E-state index in [1.807, 2.05) is 74.5 Å². The van der Waals surface area contributed by atoms with Crippen LogP contribution in [-0.2, 0) is 0 Å². The van der Waals surface area contributed by atoms with E-state index in [2.05, 4.69) is 103 Å². The summed E-state index contributed by atoms with van der Waals surface area (Å²) >= 11 is 0. The van der Waals surface area contributed by atoms with Crippen LogP contribution in [0.4, 0.5) is 0 Å². The van der Waals surface area contributed by atoms with E-state index < -0.39 is 0 Å². The van der Waals surface area contributed by atoms with E-state index in [1.165, 1.54) is 27.9 Å². The normalized spacial score (nSPS) is 12.2. The molecule has 0 unspecified atom stereocenters. The van der Waals surface area contributed by atoms with Gasteiger partial charge in [0.25, 0.3) is 0 Å². The zero-order valence-electron chi connectivity index (χ0n) is 27.5. The summed E-state index contributed by atoms with van der Waals surface area (Å²) in [6.07, 6.45) is 24.3. The molecule has 0 aromatic heterocycles. The first kappa shape index (κ1) is 44.4. The Morgan fingerprint density at radius 1 is 0.676 bits per heavy atom. The van der Waals surface area contributed by atoms with Gasteiger partial charge >= 0.3 is 0 Å². The monoisotopic (exact) mass is 509 g/mol. The lowest BCUT2D eigenvalue weighted by atomic mass is 10.1. The molecule has 37 heavy (non-hydrogen) atoms. The van der Waals surface area contributed by atoms with Gasteiger partial charge in [0.2, 0.25) is 0 Å². The van der Waals surface area contributed by atoms with Crippen LogP contribution < -0.4 is 0 Å². The summed E-state index contributed by atoms with van der Waals surface area (Å²) in [6.45, 7) is 40.2. The highest BCUT2D eigenvalue weighted by atomic mass is 14.0. The number of hydrogen-bond donors (Lipinski definition) is 0. The minimum Gasteiger partial charge on any atom is -0.0988 e. The maximum absolute atomic E-state index is 3.89. The van der Waals surface area contributed by atoms with Crippen LogP contribution in [0.15, 0.2) is 120 Å². The molecule has 0 nitrogen and oxygen atoms in total. The fourth-order valence-corrected chi connectivity index (χ4v) is 2.48. The summed E-state index contributed by atoms with van der Waals surface area (Å²) in [7, 11) is 0. The number of allylic oxidation sites excluding steroid dienone is 17. The molecule has 212 valence electrons. The van der Waals surface area contributed by atoms with E-state index in [0.717, 1.165) is 30.4 Å². The van der Waals surface area contributed by atoms with Crippen LogP contribution in [0, 0.1) is 0 Å². The van der Waals surface area contributed by atoms with Gasteiger partial charge in [0.1, 0.15) is 0 Å². The standard InChI is InChI=1S/C21H30.C10H16.3C2H6/c1-8-10-12-17(3)13-11-14-18(4)15-19(5)16-21(7)20(6)9-2;1-5-6-7-8-10(4)9(2)3;3*1-2/h8-13,15-16H,2,14H2,1,3-7H3;5-6H,2,4,7-8H2,1,3H3;3*1-2H3/b10-8+,13-11+,17-12-,18-15+,19-16+,21-20-;6-5-;;;. The average molecular weight is 509 g/mol. The molecule has 0 amide bonds. The maximum atomic E-state index is 3.89. The van der Waals surface area contributed by atoms with Crippen molar-refractivity contribution in [1.29, 1.82) is 0 Å². The third-order valence-corrected chi connectivity index (χ3v) is 4.67. The molecule has 0 fully saturated rings. The predicted molar refractivity (Wildman–Crippen MR) is 180 cm³/mol. The second-order valence-electron chi connectivity index (χ2n) is 7.98. The van der Waals surface area contributed by atoms with Crippen molar-refractivity contribution in [3.8, 4) is 0 Å². The highest BCUT2D eigenvalue weighted by molar-refractivity contribution is 5.35. The number of hydrogen-bond acceptors (Lipinski definition) is 0. The van der Waals surface area contributed by atoms with E-state index >= 15 is 0 Å². The van der Waals surface area contributed by atoms with E-state index in [9.17, 15) is 0 Å². The molecule has 0 saturated carbocycles. The minimum absolute atomic E-state index is 0.982. The van der Waals surface area contributed by atoms with Crippen LogP contribution in [0.3, 0.4) is 0 Å². The third kappa shape index (κ3) is 35.6. The Bertz CT molecular complexity index is 780. The number of rotatable bonds is 11. The van der Waals surface area contributed by atoms with Gasteiger partial charge in [0.15, 0.2) is 0 Å². The van der Waals surface area contributed by atoms with Crippen molar-refractivity contribution in [3.05, 3.63) is 120 Å². The topological polar surface area (TPSA) is 0 Å². The Balaban J connectivity index is -0.000000178. The van der Waals surface area contributed by atoms with Gasteiger partial charge in [-0.15, -0.1) is 0 Å². The molecule has 0 aromatic carbocycles. The first-order valence-corrected chi connectivity index (χ1v) is 14.1. The molecule has 0 atom stereocenters. The Hall–Kier alpha value is -2.60. The highest BCUT2D eigenvalue weighted by Crippen LogP contribution is 2.13. The van der Waals surface area contributed by atoms with Crippen molar-refractivity contribution in [2.75, 3.05) is 0 Å². The zero-order valence-corrected chi connectivity index (χ0v) is 27.5. The molecule has 0 heterocycles. The first-order chi connectivity index (χ1) is 17.6. The summed E-state index contributed by atoms with van der Waals surface area (Å²) in [5.74, 6) is 0. The van der Waals surface area contributed by atoms with E-state index in [0.29, 0.717) is 0 Å². The lowest BCUT2D eigenvalue weighted by molar-refractivity contribution is 0.990. The Kier molecular flexibility index (Phi) is 42.7. The Labute approximate surface area is 235 Å². The fraction of sp³-hybridized carbons (Fsp3) is 0.459. The summed E-state index contributed by atoms with van der Waals surface area (Å²) in [4.78, 5) is 0. The van der Waals surface area contributed by atoms with Crippen LogP contribution >= 0.6 is 0 Å². The smallest absolute Gasteiger partial charge is 0.0135 e. The summed E-state index contributed by atoms with van der Waals surface area (Å²) in [5, 5.41) is 0. The van der Waals surface area contributed by atoms with Crippen LogP contribution in [0.5, 0.6) is 0 Å². The van der Waals surface area contributed by atoms with Gasteiger partial charge in [0.05, 0.1) is 0 Å². The van der Waals surface area contributed by atoms with Gasteiger partial charge in [0, 0.05) is 0 Å². The minimum atomic E-state index is 0.982. The molecule has 0 bridgehead atoms. The fourth-order valence-electron chi connectivity index (χ4n) is 2.48. The van der Waals surface area contributed by atoms with Crippen molar-refractivity contribution in [2.24, 2.45) is 0 Å². The predicted octanol–water partition coefficient (Wildman–Crippen LogP) is 13.4. The summed E-state index contributed by atoms with van der Waals surface area (Å²) < 4.78 is 0. The third-order valence-electron chi connectivity index (χ3n) is 4.67. The zero-order chi connectivity index (χ0) is 30.2. The summed E-state index contributed by atoms with van der Waals surface area (Å²) in [6, 6.07) is 0. The van der Waals surface area contributed by atoms with Gasteiger partial charge < -0.3 is 0 Å². The van der Waals surface area contributed by atoms with Gasteiger partial charge in [-0.25, -0.2) is 0 Å². The van der Waals surface area contributed by atoms with Crippen molar-refractivity contribution in [1.82, 2.24) is 0 Å². The van der Waals surface area contributed by atoms with E-state index in [-0.39, 0.29) is 0 Å². The van der Waals surface area contributed by atoms with Crippen LogP contribution in [-0.4, -0.2) is 0 Å². The van der Waals surface area contributed by atoms with Crippen LogP contribution in [0.2, 0.25) is 0 Å². The molecule has 0 saturated heterocycles. The first-order valence-electron chi connectivity index (χ1n) is 14.1. The van der Waals surface area contributed by atoms with Crippen molar-refractivity contribution < 1.29 is 0 Å². The molecular formula is C37H64. The Morgan fingerprint density at radius 2 is 1.22 bits per heavy atom. The molecule has 0 aliphatic carbocycles.